The molecule has 2 N–H and O–H groups in total. The van der Waals surface area contributed by atoms with Crippen LogP contribution >= 0.6 is 0 Å². The van der Waals surface area contributed by atoms with Gasteiger partial charge in [-0.25, -0.2) is 4.79 Å². The van der Waals surface area contributed by atoms with Gasteiger partial charge in [0.15, 0.2) is 0 Å². The fraction of sp³-hybridized carbons (Fsp3) is 0.941. The van der Waals surface area contributed by atoms with Crippen LogP contribution in [0.1, 0.15) is 60.3 Å². The first-order chi connectivity index (χ1) is 10.4. The van der Waals surface area contributed by atoms with Crippen molar-refractivity contribution in [1.29, 1.82) is 0 Å². The number of carbonyl (C=O) groups is 1. The van der Waals surface area contributed by atoms with Gasteiger partial charge in [-0.2, -0.15) is 0 Å². The van der Waals surface area contributed by atoms with Gasteiger partial charge >= 0.3 is 6.09 Å². The largest absolute Gasteiger partial charge is 0.444 e. The second-order valence-electron chi connectivity index (χ2n) is 7.52. The summed E-state index contributed by atoms with van der Waals surface area (Å²) in [6, 6.07) is 0.780. The van der Waals surface area contributed by atoms with Crippen molar-refractivity contribution in [3.8, 4) is 0 Å². The number of hydrogen-bond donors (Lipinski definition) is 2. The lowest BCUT2D eigenvalue weighted by atomic mass is 9.68. The van der Waals surface area contributed by atoms with Crippen LogP contribution in [0.25, 0.3) is 0 Å². The summed E-state index contributed by atoms with van der Waals surface area (Å²) in [5.74, 6) is 0.410. The van der Waals surface area contributed by atoms with Crippen molar-refractivity contribution >= 4 is 6.09 Å². The summed E-state index contributed by atoms with van der Waals surface area (Å²) < 4.78 is 11.3. The third-order valence-electron chi connectivity index (χ3n) is 4.71. The fourth-order valence-electron chi connectivity index (χ4n) is 3.54. The zero-order valence-electron chi connectivity index (χ0n) is 14.6. The first kappa shape index (κ1) is 17.5. The summed E-state index contributed by atoms with van der Waals surface area (Å²) in [4.78, 5) is 12.1. The summed E-state index contributed by atoms with van der Waals surface area (Å²) in [5, 5.41) is 6.75. The van der Waals surface area contributed by atoms with Crippen LogP contribution in [0.15, 0.2) is 0 Å². The predicted molar refractivity (Wildman–Crippen MR) is 86.9 cm³/mol. The third-order valence-corrected chi connectivity index (χ3v) is 4.71. The molecule has 22 heavy (non-hydrogen) atoms. The van der Waals surface area contributed by atoms with E-state index in [1.54, 1.807) is 0 Å². The van der Waals surface area contributed by atoms with Gasteiger partial charge in [-0.1, -0.05) is 13.8 Å². The lowest BCUT2D eigenvalue weighted by Gasteiger charge is -2.54. The number of ether oxygens (including phenoxy) is 2. The number of carbonyl (C=O) groups excluding carboxylic acids is 1. The molecule has 4 atom stereocenters. The van der Waals surface area contributed by atoms with Gasteiger partial charge in [-0.05, 0) is 46.5 Å². The molecule has 1 saturated carbocycles. The maximum atomic E-state index is 12.1. The van der Waals surface area contributed by atoms with E-state index in [9.17, 15) is 4.79 Å². The van der Waals surface area contributed by atoms with Crippen molar-refractivity contribution in [2.75, 3.05) is 6.61 Å². The first-order valence-corrected chi connectivity index (χ1v) is 8.73. The van der Waals surface area contributed by atoms with Gasteiger partial charge in [0.2, 0.25) is 0 Å². The smallest absolute Gasteiger partial charge is 0.407 e. The van der Waals surface area contributed by atoms with Gasteiger partial charge < -0.3 is 20.1 Å². The summed E-state index contributed by atoms with van der Waals surface area (Å²) in [6.45, 7) is 10.9. The average molecular weight is 312 g/mol. The number of rotatable bonds is 5. The lowest BCUT2D eigenvalue weighted by Crippen LogP contribution is -2.74. The van der Waals surface area contributed by atoms with Gasteiger partial charge in [-0.15, -0.1) is 0 Å². The maximum absolute atomic E-state index is 12.1. The highest BCUT2D eigenvalue weighted by Gasteiger charge is 2.53. The van der Waals surface area contributed by atoms with Gasteiger partial charge in [0, 0.05) is 18.6 Å². The van der Waals surface area contributed by atoms with Crippen molar-refractivity contribution in [1.82, 2.24) is 10.6 Å². The minimum atomic E-state index is -0.464. The molecule has 1 amide bonds. The summed E-state index contributed by atoms with van der Waals surface area (Å²) in [6.07, 6.45) is 4.28. The number of amides is 1. The summed E-state index contributed by atoms with van der Waals surface area (Å²) >= 11 is 0. The molecule has 0 bridgehead atoms. The molecule has 2 aliphatic rings. The topological polar surface area (TPSA) is 59.6 Å². The van der Waals surface area contributed by atoms with Gasteiger partial charge in [-0.3, -0.25) is 0 Å². The molecule has 5 heteroatoms. The molecule has 1 aliphatic heterocycles. The monoisotopic (exact) mass is 312 g/mol. The Hall–Kier alpha value is -0.810. The molecule has 0 aromatic carbocycles. The maximum Gasteiger partial charge on any atom is 0.407 e. The number of alkyl carbamates (subject to hydrolysis) is 1. The Labute approximate surface area is 134 Å². The van der Waals surface area contributed by atoms with E-state index in [1.165, 1.54) is 0 Å². The predicted octanol–water partition coefficient (Wildman–Crippen LogP) is 2.84. The van der Waals surface area contributed by atoms with Crippen LogP contribution in [0.3, 0.4) is 0 Å². The second kappa shape index (κ2) is 7.18. The minimum Gasteiger partial charge on any atom is -0.444 e. The molecule has 1 aliphatic carbocycles. The molecule has 128 valence electrons. The molecule has 0 aromatic heterocycles. The highest BCUT2D eigenvalue weighted by molar-refractivity contribution is 5.68. The summed E-state index contributed by atoms with van der Waals surface area (Å²) in [5.41, 5.74) is -0.464. The highest BCUT2D eigenvalue weighted by atomic mass is 16.6. The van der Waals surface area contributed by atoms with E-state index < -0.39 is 5.60 Å². The SMILES string of the molecule is CCC(CC)NC1C(NC(=O)OC(C)(C)C)C2CCCOC21. The van der Waals surface area contributed by atoms with E-state index in [0.717, 1.165) is 32.3 Å². The van der Waals surface area contributed by atoms with Gasteiger partial charge in [0.05, 0.1) is 18.2 Å². The molecule has 0 spiro atoms. The third kappa shape index (κ3) is 4.13. The Morgan fingerprint density at radius 1 is 1.27 bits per heavy atom. The van der Waals surface area contributed by atoms with Crippen LogP contribution in [0.4, 0.5) is 4.79 Å². The van der Waals surface area contributed by atoms with Crippen LogP contribution < -0.4 is 10.6 Å². The normalized spacial score (nSPS) is 31.4. The van der Waals surface area contributed by atoms with Crippen molar-refractivity contribution in [3.63, 3.8) is 0 Å². The van der Waals surface area contributed by atoms with E-state index in [0.29, 0.717) is 12.0 Å². The molecule has 1 saturated heterocycles. The zero-order valence-corrected chi connectivity index (χ0v) is 14.6. The molecular weight excluding hydrogens is 280 g/mol. The Morgan fingerprint density at radius 2 is 1.95 bits per heavy atom. The summed E-state index contributed by atoms with van der Waals surface area (Å²) in [7, 11) is 0. The van der Waals surface area contributed by atoms with Crippen LogP contribution in [0.5, 0.6) is 0 Å². The number of hydrogen-bond acceptors (Lipinski definition) is 4. The molecule has 1 heterocycles. The van der Waals surface area contributed by atoms with Crippen molar-refractivity contribution < 1.29 is 14.3 Å². The molecule has 2 rings (SSSR count). The lowest BCUT2D eigenvalue weighted by molar-refractivity contribution is -0.130. The molecular formula is C17H32N2O3. The molecule has 0 radical (unpaired) electrons. The molecule has 0 aromatic rings. The number of nitrogens with one attached hydrogen (secondary N) is 2. The van der Waals surface area contributed by atoms with E-state index in [-0.39, 0.29) is 24.3 Å². The first-order valence-electron chi connectivity index (χ1n) is 8.73. The molecule has 5 nitrogen and oxygen atoms in total. The second-order valence-corrected chi connectivity index (χ2v) is 7.52. The molecule has 2 fully saturated rings. The zero-order chi connectivity index (χ0) is 16.3. The Kier molecular flexibility index (Phi) is 5.72. The van der Waals surface area contributed by atoms with Gasteiger partial charge in [0.25, 0.3) is 0 Å². The Bertz CT molecular complexity index is 377. The van der Waals surface area contributed by atoms with Crippen molar-refractivity contribution in [3.05, 3.63) is 0 Å². The van der Waals surface area contributed by atoms with E-state index in [2.05, 4.69) is 24.5 Å². The van der Waals surface area contributed by atoms with E-state index in [4.69, 9.17) is 9.47 Å². The van der Waals surface area contributed by atoms with Crippen molar-refractivity contribution in [2.45, 2.75) is 90.1 Å². The van der Waals surface area contributed by atoms with Crippen LogP contribution in [-0.4, -0.2) is 42.5 Å². The highest BCUT2D eigenvalue weighted by Crippen LogP contribution is 2.38. The van der Waals surface area contributed by atoms with E-state index in [1.807, 2.05) is 20.8 Å². The van der Waals surface area contributed by atoms with Crippen LogP contribution in [-0.2, 0) is 9.47 Å². The minimum absolute atomic E-state index is 0.112. The van der Waals surface area contributed by atoms with E-state index >= 15 is 0 Å². The average Bonchev–Trinajstić information content (AvgIpc) is 2.44. The van der Waals surface area contributed by atoms with Crippen LogP contribution in [0.2, 0.25) is 0 Å². The standard InChI is InChI=1S/C17H32N2O3/c1-6-11(7-2)18-14-13(12-9-8-10-21-15(12)14)19-16(20)22-17(3,4)5/h11-15,18H,6-10H2,1-5H3,(H,19,20). The van der Waals surface area contributed by atoms with Crippen molar-refractivity contribution in [2.24, 2.45) is 5.92 Å². The van der Waals surface area contributed by atoms with Crippen LogP contribution in [0, 0.1) is 5.92 Å². The fourth-order valence-corrected chi connectivity index (χ4v) is 3.54. The Morgan fingerprint density at radius 3 is 2.55 bits per heavy atom. The molecule has 4 unspecified atom stereocenters. The quantitative estimate of drug-likeness (QED) is 0.819. The Balaban J connectivity index is 1.97. The van der Waals surface area contributed by atoms with Gasteiger partial charge in [0.1, 0.15) is 5.60 Å². The number of fused-ring (bicyclic) bond motifs is 1.